The molecular formula is C16H27NO4. The molecule has 5 heteroatoms. The summed E-state index contributed by atoms with van der Waals surface area (Å²) >= 11 is 0. The highest BCUT2D eigenvalue weighted by Gasteiger charge is 2.39. The van der Waals surface area contributed by atoms with E-state index in [2.05, 4.69) is 0 Å². The second-order valence-corrected chi connectivity index (χ2v) is 6.61. The van der Waals surface area contributed by atoms with Crippen molar-refractivity contribution in [2.45, 2.75) is 65.8 Å². The van der Waals surface area contributed by atoms with Crippen LogP contribution in [0.4, 0.5) is 0 Å². The van der Waals surface area contributed by atoms with E-state index < -0.39 is 23.1 Å². The molecule has 1 unspecified atom stereocenters. The van der Waals surface area contributed by atoms with Crippen molar-refractivity contribution >= 4 is 17.7 Å². The zero-order chi connectivity index (χ0) is 16.0. The third kappa shape index (κ3) is 4.83. The number of unbranched alkanes of at least 4 members (excludes halogenated alkanes) is 1. The second-order valence-electron chi connectivity index (χ2n) is 6.61. The molecule has 1 heterocycles. The normalized spacial score (nSPS) is 19.2. The quantitative estimate of drug-likeness (QED) is 0.444. The molecule has 1 aliphatic rings. The maximum absolute atomic E-state index is 12.4. The highest BCUT2D eigenvalue weighted by atomic mass is 16.5. The Hall–Kier alpha value is -1.39. The average molecular weight is 297 g/mol. The van der Waals surface area contributed by atoms with Gasteiger partial charge in [-0.1, -0.05) is 34.1 Å². The lowest BCUT2D eigenvalue weighted by Gasteiger charge is -2.34. The van der Waals surface area contributed by atoms with Crippen molar-refractivity contribution in [1.82, 2.24) is 4.90 Å². The molecule has 0 radical (unpaired) electrons. The van der Waals surface area contributed by atoms with E-state index in [1.807, 2.05) is 6.92 Å². The Morgan fingerprint density at radius 3 is 2.43 bits per heavy atom. The smallest absolute Gasteiger partial charge is 0.328 e. The van der Waals surface area contributed by atoms with Gasteiger partial charge in [0, 0.05) is 12.0 Å². The summed E-state index contributed by atoms with van der Waals surface area (Å²) in [6, 6.07) is -0.602. The van der Waals surface area contributed by atoms with Gasteiger partial charge >= 0.3 is 5.97 Å². The van der Waals surface area contributed by atoms with Crippen LogP contribution in [0.5, 0.6) is 0 Å². The third-order valence-corrected chi connectivity index (χ3v) is 3.65. The van der Waals surface area contributed by atoms with Gasteiger partial charge in [-0.15, -0.1) is 0 Å². The lowest BCUT2D eigenvalue weighted by Crippen LogP contribution is -2.52. The summed E-state index contributed by atoms with van der Waals surface area (Å²) in [5.74, 6) is -1.38. The van der Waals surface area contributed by atoms with Crippen molar-refractivity contribution in [3.8, 4) is 0 Å². The highest BCUT2D eigenvalue weighted by Crippen LogP contribution is 2.22. The first-order chi connectivity index (χ1) is 9.79. The first-order valence-corrected chi connectivity index (χ1v) is 7.81. The van der Waals surface area contributed by atoms with Crippen molar-refractivity contribution in [3.63, 3.8) is 0 Å². The molecule has 1 fully saturated rings. The van der Waals surface area contributed by atoms with Crippen LogP contribution in [0.3, 0.4) is 0 Å². The number of carbonyl (C=O) groups excluding carboxylic acids is 3. The molecular weight excluding hydrogens is 270 g/mol. The number of nitrogens with zero attached hydrogens (tertiary/aromatic N) is 1. The molecule has 0 bridgehead atoms. The number of carbonyl (C=O) groups is 3. The van der Waals surface area contributed by atoms with Gasteiger partial charge in [0.1, 0.15) is 6.04 Å². The van der Waals surface area contributed by atoms with Crippen LogP contribution in [-0.2, 0) is 19.1 Å². The van der Waals surface area contributed by atoms with Gasteiger partial charge in [-0.2, -0.15) is 0 Å². The summed E-state index contributed by atoms with van der Waals surface area (Å²) in [6.45, 7) is 7.99. The molecule has 0 saturated carbocycles. The summed E-state index contributed by atoms with van der Waals surface area (Å²) in [6.07, 6.45) is 4.04. The summed E-state index contributed by atoms with van der Waals surface area (Å²) in [7, 11) is 0. The van der Waals surface area contributed by atoms with Crippen molar-refractivity contribution in [2.24, 2.45) is 5.41 Å². The van der Waals surface area contributed by atoms with Crippen molar-refractivity contribution < 1.29 is 19.1 Å². The van der Waals surface area contributed by atoms with E-state index in [4.69, 9.17) is 4.74 Å². The van der Waals surface area contributed by atoms with E-state index in [-0.39, 0.29) is 5.97 Å². The van der Waals surface area contributed by atoms with Gasteiger partial charge in [-0.05, 0) is 25.7 Å². The second kappa shape index (κ2) is 7.57. The van der Waals surface area contributed by atoms with Crippen LogP contribution in [0.15, 0.2) is 0 Å². The Labute approximate surface area is 127 Å². The lowest BCUT2D eigenvalue weighted by molar-refractivity contribution is -0.160. The van der Waals surface area contributed by atoms with Crippen LogP contribution in [0.25, 0.3) is 0 Å². The van der Waals surface area contributed by atoms with E-state index in [9.17, 15) is 14.4 Å². The molecule has 120 valence electrons. The van der Waals surface area contributed by atoms with Gasteiger partial charge in [0.2, 0.25) is 5.78 Å². The molecule has 0 aromatic carbocycles. The topological polar surface area (TPSA) is 63.7 Å². The number of esters is 1. The molecule has 5 nitrogen and oxygen atoms in total. The van der Waals surface area contributed by atoms with E-state index in [0.717, 1.165) is 25.7 Å². The standard InChI is InChI=1S/C16H27NO4/c1-5-6-11-21-15(20)12-9-7-8-10-17(12)14(19)13(18)16(2,3)4/h12H,5-11H2,1-4H3. The van der Waals surface area contributed by atoms with Gasteiger partial charge in [-0.3, -0.25) is 9.59 Å². The number of rotatable bonds is 5. The molecule has 0 aliphatic carbocycles. The fourth-order valence-corrected chi connectivity index (χ4v) is 2.28. The minimum atomic E-state index is -0.731. The minimum absolute atomic E-state index is 0.376. The molecule has 1 saturated heterocycles. The summed E-state index contributed by atoms with van der Waals surface area (Å²) in [5.41, 5.74) is -0.731. The van der Waals surface area contributed by atoms with E-state index in [1.54, 1.807) is 20.8 Å². The van der Waals surface area contributed by atoms with Crippen LogP contribution in [0.1, 0.15) is 59.8 Å². The monoisotopic (exact) mass is 297 g/mol. The van der Waals surface area contributed by atoms with Gasteiger partial charge in [-0.25, -0.2) is 4.79 Å². The molecule has 0 aromatic rings. The Bertz CT molecular complexity index is 398. The lowest BCUT2D eigenvalue weighted by atomic mass is 9.89. The number of hydrogen-bond acceptors (Lipinski definition) is 4. The predicted octanol–water partition coefficient (Wildman–Crippen LogP) is 2.33. The van der Waals surface area contributed by atoms with Crippen molar-refractivity contribution in [2.75, 3.05) is 13.2 Å². The summed E-state index contributed by atoms with van der Waals surface area (Å²) in [4.78, 5) is 38.0. The molecule has 1 rings (SSSR count). The fraction of sp³-hybridized carbons (Fsp3) is 0.812. The zero-order valence-electron chi connectivity index (χ0n) is 13.6. The van der Waals surface area contributed by atoms with Crippen LogP contribution < -0.4 is 0 Å². The van der Waals surface area contributed by atoms with Gasteiger partial charge in [0.25, 0.3) is 5.91 Å². The number of hydrogen-bond donors (Lipinski definition) is 0. The van der Waals surface area contributed by atoms with Gasteiger partial charge in [0.15, 0.2) is 0 Å². The van der Waals surface area contributed by atoms with Crippen LogP contribution in [0, 0.1) is 5.41 Å². The number of Topliss-reactive ketones (excluding diaryl/α,β-unsaturated/α-hetero) is 1. The fourth-order valence-electron chi connectivity index (χ4n) is 2.28. The number of amides is 1. The number of ether oxygens (including phenoxy) is 1. The van der Waals surface area contributed by atoms with Crippen LogP contribution >= 0.6 is 0 Å². The molecule has 1 atom stereocenters. The predicted molar refractivity (Wildman–Crippen MR) is 79.7 cm³/mol. The Kier molecular flexibility index (Phi) is 6.37. The Morgan fingerprint density at radius 1 is 1.19 bits per heavy atom. The van der Waals surface area contributed by atoms with Crippen molar-refractivity contribution in [1.29, 1.82) is 0 Å². The Morgan fingerprint density at radius 2 is 1.86 bits per heavy atom. The first-order valence-electron chi connectivity index (χ1n) is 7.81. The van der Waals surface area contributed by atoms with Gasteiger partial charge in [0.05, 0.1) is 6.61 Å². The average Bonchev–Trinajstić information content (AvgIpc) is 2.45. The van der Waals surface area contributed by atoms with E-state index in [0.29, 0.717) is 19.6 Å². The Balaban J connectivity index is 2.75. The van der Waals surface area contributed by atoms with Gasteiger partial charge < -0.3 is 9.64 Å². The van der Waals surface area contributed by atoms with E-state index >= 15 is 0 Å². The summed E-state index contributed by atoms with van der Waals surface area (Å²) in [5, 5.41) is 0. The SMILES string of the molecule is CCCCOC(=O)C1CCCCN1C(=O)C(=O)C(C)(C)C. The molecule has 0 spiro atoms. The maximum Gasteiger partial charge on any atom is 0.328 e. The highest BCUT2D eigenvalue weighted by molar-refractivity contribution is 6.38. The third-order valence-electron chi connectivity index (χ3n) is 3.65. The number of ketones is 1. The van der Waals surface area contributed by atoms with Crippen LogP contribution in [-0.4, -0.2) is 41.8 Å². The van der Waals surface area contributed by atoms with Crippen LogP contribution in [0.2, 0.25) is 0 Å². The largest absolute Gasteiger partial charge is 0.464 e. The zero-order valence-corrected chi connectivity index (χ0v) is 13.6. The summed E-state index contributed by atoms with van der Waals surface area (Å²) < 4.78 is 5.22. The van der Waals surface area contributed by atoms with E-state index in [1.165, 1.54) is 4.90 Å². The van der Waals surface area contributed by atoms with Crippen molar-refractivity contribution in [3.05, 3.63) is 0 Å². The molecule has 0 N–H and O–H groups in total. The molecule has 1 amide bonds. The minimum Gasteiger partial charge on any atom is -0.464 e. The first kappa shape index (κ1) is 17.7. The number of piperidine rings is 1. The molecule has 21 heavy (non-hydrogen) atoms. The molecule has 1 aliphatic heterocycles. The number of likely N-dealkylation sites (tertiary alicyclic amines) is 1. The maximum atomic E-state index is 12.4. The molecule has 0 aromatic heterocycles.